The molecule has 0 aliphatic carbocycles. The predicted molar refractivity (Wildman–Crippen MR) is 111 cm³/mol. The fraction of sp³-hybridized carbons (Fsp3) is 0.286. The molecule has 2 aromatic carbocycles. The lowest BCUT2D eigenvalue weighted by atomic mass is 10.2. The summed E-state index contributed by atoms with van der Waals surface area (Å²) in [6.07, 6.45) is -0.669. The number of anilines is 1. The second kappa shape index (κ2) is 9.64. The van der Waals surface area contributed by atoms with Crippen LogP contribution >= 0.6 is 0 Å². The molecule has 0 saturated carbocycles. The number of hydrogen-bond donors (Lipinski definition) is 3. The Balaban J connectivity index is 1.91. The van der Waals surface area contributed by atoms with Crippen molar-refractivity contribution in [3.05, 3.63) is 54.1 Å². The second-order valence-corrected chi connectivity index (χ2v) is 7.46. The van der Waals surface area contributed by atoms with Crippen molar-refractivity contribution >= 4 is 35.0 Å². The van der Waals surface area contributed by atoms with Gasteiger partial charge in [0.1, 0.15) is 11.6 Å². The molecule has 158 valence electrons. The molecule has 3 N–H and O–H groups in total. The number of amides is 2. The first-order chi connectivity index (χ1) is 14.0. The van der Waals surface area contributed by atoms with Gasteiger partial charge in [-0.1, -0.05) is 0 Å². The highest BCUT2D eigenvalue weighted by Crippen LogP contribution is 2.21. The molecule has 0 aliphatic heterocycles. The van der Waals surface area contributed by atoms with Crippen molar-refractivity contribution in [1.82, 2.24) is 5.32 Å². The summed E-state index contributed by atoms with van der Waals surface area (Å²) < 4.78 is 5.12. The van der Waals surface area contributed by atoms with E-state index in [9.17, 15) is 14.4 Å². The lowest BCUT2D eigenvalue weighted by Gasteiger charge is -2.21. The first kappa shape index (κ1) is 22.5. The molecule has 0 aliphatic rings. The lowest BCUT2D eigenvalue weighted by Crippen LogP contribution is -2.43. The zero-order valence-corrected chi connectivity index (χ0v) is 17.2. The van der Waals surface area contributed by atoms with E-state index < -0.39 is 29.6 Å². The zero-order valence-electron chi connectivity index (χ0n) is 17.2. The normalized spacial score (nSPS) is 12.3. The molecule has 0 unspecified atom stereocenters. The summed E-state index contributed by atoms with van der Waals surface area (Å²) in [6.45, 7) is 6.77. The molecule has 0 bridgehead atoms. The minimum absolute atomic E-state index is 0.171. The van der Waals surface area contributed by atoms with Crippen molar-refractivity contribution < 1.29 is 24.2 Å². The van der Waals surface area contributed by atoms with Gasteiger partial charge in [0.05, 0.1) is 16.9 Å². The maximum absolute atomic E-state index is 12.2. The Bertz CT molecular complexity index is 931. The molecule has 1 atom stereocenters. The summed E-state index contributed by atoms with van der Waals surface area (Å²) in [5.41, 5.74) is 1.12. The topological polar surface area (TPSA) is 129 Å². The van der Waals surface area contributed by atoms with E-state index in [-0.39, 0.29) is 5.56 Å². The molecule has 0 aromatic heterocycles. The maximum atomic E-state index is 12.2. The summed E-state index contributed by atoms with van der Waals surface area (Å²) in [6, 6.07) is 11.9. The monoisotopic (exact) mass is 412 g/mol. The third-order valence-corrected chi connectivity index (χ3v) is 3.66. The molecule has 2 amide bonds. The Kier molecular flexibility index (Phi) is 7.24. The van der Waals surface area contributed by atoms with Crippen molar-refractivity contribution in [3.63, 3.8) is 0 Å². The molecular formula is C21H24N4O5. The lowest BCUT2D eigenvalue weighted by molar-refractivity contribution is -0.117. The van der Waals surface area contributed by atoms with Gasteiger partial charge in [-0.25, -0.2) is 9.59 Å². The van der Waals surface area contributed by atoms with E-state index in [1.54, 1.807) is 64.1 Å². The van der Waals surface area contributed by atoms with Crippen LogP contribution in [-0.4, -0.2) is 34.7 Å². The summed E-state index contributed by atoms with van der Waals surface area (Å²) in [5.74, 6) is -1.40. The average Bonchev–Trinajstić information content (AvgIpc) is 2.66. The Hall–Kier alpha value is -3.75. The Morgan fingerprint density at radius 1 is 0.933 bits per heavy atom. The molecular weight excluding hydrogens is 388 g/mol. The maximum Gasteiger partial charge on any atom is 0.408 e. The highest BCUT2D eigenvalue weighted by molar-refractivity contribution is 5.96. The molecule has 0 fully saturated rings. The van der Waals surface area contributed by atoms with Crippen LogP contribution in [0.25, 0.3) is 0 Å². The number of carboxylic acid groups (broad SMARTS) is 1. The van der Waals surface area contributed by atoms with Gasteiger partial charge >= 0.3 is 12.1 Å². The highest BCUT2D eigenvalue weighted by atomic mass is 16.6. The molecule has 2 rings (SSSR count). The summed E-state index contributed by atoms with van der Waals surface area (Å²) in [5, 5.41) is 22.2. The summed E-state index contributed by atoms with van der Waals surface area (Å²) in [7, 11) is 0. The standard InChI is InChI=1S/C21H24N4O5/c1-13(22-20(29)30-21(2,3)4)18(26)23-15-9-11-17(12-10-15)25-24-16-7-5-14(6-8-16)19(27)28/h5-13H,1-4H3,(H,22,29)(H,23,26)(H,27,28)/t13-/m0/s1. The largest absolute Gasteiger partial charge is 0.478 e. The second-order valence-electron chi connectivity index (χ2n) is 7.46. The van der Waals surface area contributed by atoms with Gasteiger partial charge in [0.25, 0.3) is 0 Å². The minimum atomic E-state index is -1.01. The summed E-state index contributed by atoms with van der Waals surface area (Å²) in [4.78, 5) is 34.8. The fourth-order valence-corrected chi connectivity index (χ4v) is 2.20. The van der Waals surface area contributed by atoms with Crippen LogP contribution in [0, 0.1) is 0 Å². The number of hydrogen-bond acceptors (Lipinski definition) is 6. The predicted octanol–water partition coefficient (Wildman–Crippen LogP) is 4.65. The third-order valence-electron chi connectivity index (χ3n) is 3.66. The molecule has 9 nitrogen and oxygen atoms in total. The van der Waals surface area contributed by atoms with E-state index >= 15 is 0 Å². The molecule has 30 heavy (non-hydrogen) atoms. The van der Waals surface area contributed by atoms with Gasteiger partial charge in [-0.05, 0) is 76.2 Å². The zero-order chi connectivity index (χ0) is 22.3. The first-order valence-corrected chi connectivity index (χ1v) is 9.19. The number of benzene rings is 2. The van der Waals surface area contributed by atoms with Crippen molar-refractivity contribution in [2.24, 2.45) is 10.2 Å². The first-order valence-electron chi connectivity index (χ1n) is 9.19. The Labute approximate surface area is 174 Å². The number of aromatic carboxylic acids is 1. The van der Waals surface area contributed by atoms with Crippen LogP contribution in [0.3, 0.4) is 0 Å². The van der Waals surface area contributed by atoms with E-state index in [0.717, 1.165) is 0 Å². The van der Waals surface area contributed by atoms with Crippen LogP contribution in [0.1, 0.15) is 38.1 Å². The Morgan fingerprint density at radius 2 is 1.43 bits per heavy atom. The van der Waals surface area contributed by atoms with Gasteiger partial charge in [-0.2, -0.15) is 10.2 Å². The fourth-order valence-electron chi connectivity index (χ4n) is 2.20. The number of carbonyl (C=O) groups excluding carboxylic acids is 2. The number of ether oxygens (including phenoxy) is 1. The van der Waals surface area contributed by atoms with Crippen LogP contribution in [-0.2, 0) is 9.53 Å². The van der Waals surface area contributed by atoms with E-state index in [1.807, 2.05) is 0 Å². The molecule has 9 heteroatoms. The Morgan fingerprint density at radius 3 is 1.90 bits per heavy atom. The van der Waals surface area contributed by atoms with Crippen molar-refractivity contribution in [1.29, 1.82) is 0 Å². The molecule has 2 aromatic rings. The quantitative estimate of drug-likeness (QED) is 0.595. The number of rotatable bonds is 6. The number of alkyl carbamates (subject to hydrolysis) is 1. The van der Waals surface area contributed by atoms with Crippen molar-refractivity contribution in [3.8, 4) is 0 Å². The van der Waals surface area contributed by atoms with Crippen molar-refractivity contribution in [2.75, 3.05) is 5.32 Å². The van der Waals surface area contributed by atoms with E-state index in [4.69, 9.17) is 9.84 Å². The van der Waals surface area contributed by atoms with Gasteiger partial charge in [0.2, 0.25) is 5.91 Å². The number of nitrogens with zero attached hydrogens (tertiary/aromatic N) is 2. The van der Waals surface area contributed by atoms with Gasteiger partial charge in [0.15, 0.2) is 0 Å². The molecule has 0 spiro atoms. The van der Waals surface area contributed by atoms with Gasteiger partial charge in [-0.15, -0.1) is 0 Å². The smallest absolute Gasteiger partial charge is 0.408 e. The van der Waals surface area contributed by atoms with Crippen LogP contribution in [0.2, 0.25) is 0 Å². The molecule has 0 heterocycles. The highest BCUT2D eigenvalue weighted by Gasteiger charge is 2.21. The van der Waals surface area contributed by atoms with Crippen LogP contribution in [0.4, 0.5) is 21.9 Å². The number of carboxylic acids is 1. The summed E-state index contributed by atoms with van der Waals surface area (Å²) >= 11 is 0. The SMILES string of the molecule is C[C@H](NC(=O)OC(C)(C)C)C(=O)Nc1ccc(N=Nc2ccc(C(=O)O)cc2)cc1. The van der Waals surface area contributed by atoms with E-state index in [1.165, 1.54) is 12.1 Å². The molecule has 0 saturated heterocycles. The van der Waals surface area contributed by atoms with Crippen LogP contribution in [0.15, 0.2) is 58.8 Å². The van der Waals surface area contributed by atoms with Crippen LogP contribution < -0.4 is 10.6 Å². The van der Waals surface area contributed by atoms with Crippen molar-refractivity contribution in [2.45, 2.75) is 39.3 Å². The van der Waals surface area contributed by atoms with Gasteiger partial charge < -0.3 is 20.5 Å². The number of carbonyl (C=O) groups is 3. The van der Waals surface area contributed by atoms with Crippen LogP contribution in [0.5, 0.6) is 0 Å². The number of nitrogens with one attached hydrogen (secondary N) is 2. The number of azo groups is 1. The average molecular weight is 412 g/mol. The van der Waals surface area contributed by atoms with E-state index in [2.05, 4.69) is 20.9 Å². The molecule has 0 radical (unpaired) electrons. The minimum Gasteiger partial charge on any atom is -0.478 e. The third kappa shape index (κ3) is 7.34. The van der Waals surface area contributed by atoms with Gasteiger partial charge in [-0.3, -0.25) is 4.79 Å². The van der Waals surface area contributed by atoms with E-state index in [0.29, 0.717) is 17.1 Å². The van der Waals surface area contributed by atoms with Gasteiger partial charge in [0, 0.05) is 5.69 Å².